The van der Waals surface area contributed by atoms with Crippen LogP contribution in [0.2, 0.25) is 0 Å². The zero-order chi connectivity index (χ0) is 12.6. The first-order valence-electron chi connectivity index (χ1n) is 5.23. The molecule has 0 saturated heterocycles. The van der Waals surface area contributed by atoms with Crippen molar-refractivity contribution in [1.29, 1.82) is 0 Å². The average molecular weight is 236 g/mol. The molecule has 0 saturated carbocycles. The van der Waals surface area contributed by atoms with Crippen LogP contribution < -0.4 is 5.32 Å². The van der Waals surface area contributed by atoms with Gasteiger partial charge in [0.05, 0.1) is 10.6 Å². The molecule has 0 aliphatic carbocycles. The van der Waals surface area contributed by atoms with Crippen LogP contribution in [0.25, 0.3) is 0 Å². The Morgan fingerprint density at radius 3 is 2.88 bits per heavy atom. The Labute approximate surface area is 97.7 Å². The summed E-state index contributed by atoms with van der Waals surface area (Å²) in [6, 6.07) is 2.92. The van der Waals surface area contributed by atoms with Crippen molar-refractivity contribution in [2.75, 3.05) is 5.32 Å². The molecular weight excluding hydrogens is 224 g/mol. The normalized spacial score (nSPS) is 18.7. The van der Waals surface area contributed by atoms with Crippen LogP contribution in [0, 0.1) is 17.0 Å². The summed E-state index contributed by atoms with van der Waals surface area (Å²) >= 11 is 0. The fourth-order valence-corrected chi connectivity index (χ4v) is 1.95. The van der Waals surface area contributed by atoms with Gasteiger partial charge in [-0.1, -0.05) is 0 Å². The van der Waals surface area contributed by atoms with Crippen molar-refractivity contribution in [3.63, 3.8) is 0 Å². The van der Waals surface area contributed by atoms with Gasteiger partial charge in [-0.25, -0.2) is 4.79 Å². The van der Waals surface area contributed by atoms with Crippen LogP contribution in [0.3, 0.4) is 0 Å². The molecule has 0 radical (unpaired) electrons. The lowest BCUT2D eigenvalue weighted by atomic mass is 10.0. The molecule has 1 amide bonds. The Morgan fingerprint density at radius 1 is 1.53 bits per heavy atom. The van der Waals surface area contributed by atoms with Gasteiger partial charge in [0.25, 0.3) is 5.69 Å². The summed E-state index contributed by atoms with van der Waals surface area (Å²) in [4.78, 5) is 21.7. The molecule has 1 aromatic rings. The molecule has 2 rings (SSSR count). The lowest BCUT2D eigenvalue weighted by molar-refractivity contribution is -0.384. The third-order valence-electron chi connectivity index (χ3n) is 2.66. The molecule has 6 nitrogen and oxygen atoms in total. The van der Waals surface area contributed by atoms with E-state index in [1.807, 2.05) is 0 Å². The number of rotatable bonds is 1. The van der Waals surface area contributed by atoms with Gasteiger partial charge >= 0.3 is 6.09 Å². The number of ether oxygens (including phenoxy) is 1. The molecule has 1 atom stereocenters. The quantitative estimate of drug-likeness (QED) is 0.599. The van der Waals surface area contributed by atoms with E-state index in [0.29, 0.717) is 17.7 Å². The minimum absolute atomic E-state index is 0.0320. The molecule has 0 bridgehead atoms. The SMILES string of the molecule is Cc1cc([N+](=O)[O-])cc2c1NC(=O)OC(C)C2. The van der Waals surface area contributed by atoms with Gasteiger partial charge in [0.15, 0.2) is 0 Å². The molecular formula is C11H12N2O4. The number of nitrogens with one attached hydrogen (secondary N) is 1. The van der Waals surface area contributed by atoms with Crippen LogP contribution in [0.15, 0.2) is 12.1 Å². The van der Waals surface area contributed by atoms with E-state index in [2.05, 4.69) is 5.32 Å². The van der Waals surface area contributed by atoms with Crippen molar-refractivity contribution in [1.82, 2.24) is 0 Å². The summed E-state index contributed by atoms with van der Waals surface area (Å²) in [6.07, 6.45) is -0.345. The van der Waals surface area contributed by atoms with Crippen LogP contribution >= 0.6 is 0 Å². The monoisotopic (exact) mass is 236 g/mol. The van der Waals surface area contributed by atoms with Crippen LogP contribution in [0.5, 0.6) is 0 Å². The van der Waals surface area contributed by atoms with E-state index >= 15 is 0 Å². The molecule has 0 fully saturated rings. The van der Waals surface area contributed by atoms with Crippen molar-refractivity contribution in [2.24, 2.45) is 0 Å². The van der Waals surface area contributed by atoms with Crippen molar-refractivity contribution in [3.05, 3.63) is 33.4 Å². The largest absolute Gasteiger partial charge is 0.446 e. The minimum Gasteiger partial charge on any atom is -0.446 e. The fraction of sp³-hybridized carbons (Fsp3) is 0.364. The Balaban J connectivity index is 2.53. The van der Waals surface area contributed by atoms with Crippen LogP contribution in [0.1, 0.15) is 18.1 Å². The molecule has 1 aromatic carbocycles. The molecule has 1 unspecified atom stereocenters. The zero-order valence-electron chi connectivity index (χ0n) is 9.52. The molecule has 17 heavy (non-hydrogen) atoms. The fourth-order valence-electron chi connectivity index (χ4n) is 1.95. The maximum Gasteiger partial charge on any atom is 0.411 e. The van der Waals surface area contributed by atoms with Crippen molar-refractivity contribution in [2.45, 2.75) is 26.4 Å². The average Bonchev–Trinajstić information content (AvgIpc) is 2.35. The molecule has 1 N–H and O–H groups in total. The predicted molar refractivity (Wildman–Crippen MR) is 61.1 cm³/mol. The van der Waals surface area contributed by atoms with E-state index in [-0.39, 0.29) is 11.8 Å². The Hall–Kier alpha value is -2.11. The summed E-state index contributed by atoms with van der Waals surface area (Å²) < 4.78 is 5.03. The van der Waals surface area contributed by atoms with Crippen molar-refractivity contribution in [3.8, 4) is 0 Å². The van der Waals surface area contributed by atoms with E-state index in [4.69, 9.17) is 4.74 Å². The van der Waals surface area contributed by atoms with Gasteiger partial charge in [-0.2, -0.15) is 0 Å². The number of nitro groups is 1. The second kappa shape index (κ2) is 4.04. The van der Waals surface area contributed by atoms with Gasteiger partial charge in [0, 0.05) is 18.6 Å². The standard InChI is InChI=1S/C11H12N2O4/c1-6-3-9(13(15)16)5-8-4-7(2)17-11(14)12-10(6)8/h3,5,7H,4H2,1-2H3,(H,12,14). The number of non-ortho nitro benzene ring substituents is 1. The van der Waals surface area contributed by atoms with Gasteiger partial charge in [0.2, 0.25) is 0 Å². The third-order valence-corrected chi connectivity index (χ3v) is 2.66. The van der Waals surface area contributed by atoms with E-state index in [0.717, 1.165) is 5.56 Å². The molecule has 90 valence electrons. The summed E-state index contributed by atoms with van der Waals surface area (Å²) in [7, 11) is 0. The Kier molecular flexibility index (Phi) is 2.71. The number of nitro benzene ring substituents is 1. The lowest BCUT2D eigenvalue weighted by Crippen LogP contribution is -2.17. The predicted octanol–water partition coefficient (Wildman–Crippen LogP) is 2.40. The molecule has 0 aromatic heterocycles. The van der Waals surface area contributed by atoms with E-state index < -0.39 is 11.0 Å². The summed E-state index contributed by atoms with van der Waals surface area (Å²) in [5.41, 5.74) is 2.05. The number of carbonyl (C=O) groups is 1. The number of hydrogen-bond acceptors (Lipinski definition) is 4. The number of anilines is 1. The van der Waals surface area contributed by atoms with E-state index in [9.17, 15) is 14.9 Å². The molecule has 1 aliphatic rings. The highest BCUT2D eigenvalue weighted by Gasteiger charge is 2.23. The highest BCUT2D eigenvalue weighted by atomic mass is 16.6. The molecule has 1 aliphatic heterocycles. The number of benzene rings is 1. The van der Waals surface area contributed by atoms with E-state index in [1.54, 1.807) is 13.8 Å². The molecule has 6 heteroatoms. The highest BCUT2D eigenvalue weighted by Crippen LogP contribution is 2.30. The van der Waals surface area contributed by atoms with Crippen LogP contribution in [-0.4, -0.2) is 17.1 Å². The van der Waals surface area contributed by atoms with E-state index in [1.165, 1.54) is 12.1 Å². The van der Waals surface area contributed by atoms with Crippen molar-refractivity contribution >= 4 is 17.5 Å². The number of aryl methyl sites for hydroxylation is 1. The first kappa shape index (κ1) is 11.4. The Bertz CT molecular complexity index is 498. The first-order chi connectivity index (χ1) is 7.97. The Morgan fingerprint density at radius 2 is 2.24 bits per heavy atom. The maximum absolute atomic E-state index is 11.4. The van der Waals surface area contributed by atoms with Gasteiger partial charge < -0.3 is 4.74 Å². The topological polar surface area (TPSA) is 81.5 Å². The number of amides is 1. The van der Waals surface area contributed by atoms with Crippen molar-refractivity contribution < 1.29 is 14.5 Å². The third kappa shape index (κ3) is 2.20. The van der Waals surface area contributed by atoms with Gasteiger partial charge in [-0.3, -0.25) is 15.4 Å². The summed E-state index contributed by atoms with van der Waals surface area (Å²) in [5.74, 6) is 0. The number of carbonyl (C=O) groups excluding carboxylic acids is 1. The van der Waals surface area contributed by atoms with Gasteiger partial charge in [-0.15, -0.1) is 0 Å². The number of fused-ring (bicyclic) bond motifs is 1. The number of hydrogen-bond donors (Lipinski definition) is 1. The molecule has 1 heterocycles. The summed E-state index contributed by atoms with van der Waals surface area (Å²) in [5, 5.41) is 13.4. The van der Waals surface area contributed by atoms with Crippen LogP contribution in [0.4, 0.5) is 16.2 Å². The number of cyclic esters (lactones) is 1. The van der Waals surface area contributed by atoms with Gasteiger partial charge in [-0.05, 0) is 25.0 Å². The second-order valence-electron chi connectivity index (χ2n) is 4.10. The van der Waals surface area contributed by atoms with Crippen LogP contribution in [-0.2, 0) is 11.2 Å². The minimum atomic E-state index is -0.520. The first-order valence-corrected chi connectivity index (χ1v) is 5.23. The van der Waals surface area contributed by atoms with Gasteiger partial charge in [0.1, 0.15) is 6.10 Å². The highest BCUT2D eigenvalue weighted by molar-refractivity contribution is 5.88. The second-order valence-corrected chi connectivity index (χ2v) is 4.10. The smallest absolute Gasteiger partial charge is 0.411 e. The summed E-state index contributed by atoms with van der Waals surface area (Å²) in [6.45, 7) is 3.48. The zero-order valence-corrected chi connectivity index (χ0v) is 9.52. The molecule has 0 spiro atoms. The lowest BCUT2D eigenvalue weighted by Gasteiger charge is -2.08. The maximum atomic E-state index is 11.4. The number of nitrogens with zero attached hydrogens (tertiary/aromatic N) is 1.